The molecule has 0 bridgehead atoms. The highest BCUT2D eigenvalue weighted by molar-refractivity contribution is 7.14. The van der Waals surface area contributed by atoms with Crippen LogP contribution in [0.5, 0.6) is 0 Å². The van der Waals surface area contributed by atoms with E-state index in [1.807, 2.05) is 73.8 Å². The monoisotopic (exact) mass is 479 g/mol. The summed E-state index contributed by atoms with van der Waals surface area (Å²) in [5.41, 5.74) is 8.51. The second kappa shape index (κ2) is 9.31. The molecular formula is C29H25N3O2S. The van der Waals surface area contributed by atoms with Gasteiger partial charge in [0, 0.05) is 16.3 Å². The zero-order valence-corrected chi connectivity index (χ0v) is 20.9. The van der Waals surface area contributed by atoms with Crippen molar-refractivity contribution in [1.29, 1.82) is 0 Å². The molecule has 0 atom stereocenters. The van der Waals surface area contributed by atoms with Crippen LogP contribution in [0.2, 0.25) is 0 Å². The van der Waals surface area contributed by atoms with Crippen molar-refractivity contribution >= 4 is 39.0 Å². The fraction of sp³-hybridized carbons (Fsp3) is 0.138. The number of amides is 1. The van der Waals surface area contributed by atoms with Gasteiger partial charge < -0.3 is 4.42 Å². The average molecular weight is 480 g/mol. The average Bonchev–Trinajstić information content (AvgIpc) is 3.31. The number of aromatic nitrogens is 1. The molecule has 0 saturated heterocycles. The van der Waals surface area contributed by atoms with Crippen LogP contribution >= 0.6 is 11.3 Å². The summed E-state index contributed by atoms with van der Waals surface area (Å²) in [6, 6.07) is 21.6. The Morgan fingerprint density at radius 1 is 0.914 bits per heavy atom. The van der Waals surface area contributed by atoms with Gasteiger partial charge in [0.25, 0.3) is 5.91 Å². The van der Waals surface area contributed by atoms with Gasteiger partial charge in [0.1, 0.15) is 11.1 Å². The molecule has 0 aliphatic heterocycles. The molecule has 0 unspecified atom stereocenters. The quantitative estimate of drug-likeness (QED) is 0.295. The topological polar surface area (TPSA) is 67.5 Å². The Kier molecular flexibility index (Phi) is 6.05. The lowest BCUT2D eigenvalue weighted by Gasteiger charge is -2.07. The Labute approximate surface area is 207 Å². The fourth-order valence-electron chi connectivity index (χ4n) is 3.81. The maximum Gasteiger partial charge on any atom is 0.262 e. The molecular weight excluding hydrogens is 454 g/mol. The predicted molar refractivity (Wildman–Crippen MR) is 142 cm³/mol. The Hall–Kier alpha value is -4.03. The number of para-hydroxylation sites is 1. The van der Waals surface area contributed by atoms with Gasteiger partial charge in [-0.2, -0.15) is 0 Å². The number of fused-ring (bicyclic) bond motifs is 1. The van der Waals surface area contributed by atoms with Gasteiger partial charge in [-0.05, 0) is 74.2 Å². The molecule has 1 amide bonds. The number of aryl methyl sites for hydroxylation is 3. The van der Waals surface area contributed by atoms with Gasteiger partial charge in [0.15, 0.2) is 5.13 Å². The molecule has 5 rings (SSSR count). The highest BCUT2D eigenvalue weighted by atomic mass is 32.1. The highest BCUT2D eigenvalue weighted by Crippen LogP contribution is 2.27. The van der Waals surface area contributed by atoms with E-state index in [0.717, 1.165) is 33.5 Å². The molecule has 0 spiro atoms. The zero-order chi connectivity index (χ0) is 24.5. The summed E-state index contributed by atoms with van der Waals surface area (Å²) in [7, 11) is 0. The number of thiazole rings is 1. The SMILES string of the molecule is Cc1ccc(-c2csc(NC(=O)c3cc4ccccc4oc3=Nc3cccc(C)c3C)n2)cc1C. The first-order valence-electron chi connectivity index (χ1n) is 11.4. The van der Waals surface area contributed by atoms with Crippen molar-refractivity contribution in [3.8, 4) is 11.3 Å². The van der Waals surface area contributed by atoms with E-state index in [0.29, 0.717) is 16.3 Å². The van der Waals surface area contributed by atoms with Crippen molar-refractivity contribution < 1.29 is 9.21 Å². The van der Waals surface area contributed by atoms with Crippen LogP contribution in [0.25, 0.3) is 22.2 Å². The number of anilines is 1. The number of hydrogen-bond donors (Lipinski definition) is 1. The van der Waals surface area contributed by atoms with Gasteiger partial charge in [0.2, 0.25) is 5.55 Å². The van der Waals surface area contributed by atoms with E-state index < -0.39 is 0 Å². The van der Waals surface area contributed by atoms with Crippen molar-refractivity contribution in [2.75, 3.05) is 5.32 Å². The molecule has 0 fully saturated rings. The first-order chi connectivity index (χ1) is 16.9. The minimum Gasteiger partial charge on any atom is -0.438 e. The summed E-state index contributed by atoms with van der Waals surface area (Å²) < 4.78 is 6.10. The van der Waals surface area contributed by atoms with Crippen LogP contribution in [-0.2, 0) is 0 Å². The minimum atomic E-state index is -0.315. The maximum absolute atomic E-state index is 13.4. The number of benzene rings is 3. The van der Waals surface area contributed by atoms with E-state index in [9.17, 15) is 4.79 Å². The van der Waals surface area contributed by atoms with E-state index in [-0.39, 0.29) is 11.5 Å². The Morgan fingerprint density at radius 3 is 2.57 bits per heavy atom. The molecule has 1 N–H and O–H groups in total. The number of nitrogens with zero attached hydrogens (tertiary/aromatic N) is 2. The molecule has 5 aromatic rings. The molecule has 0 aliphatic carbocycles. The summed E-state index contributed by atoms with van der Waals surface area (Å²) in [5, 5.41) is 6.24. The van der Waals surface area contributed by atoms with Crippen molar-refractivity contribution in [1.82, 2.24) is 4.98 Å². The van der Waals surface area contributed by atoms with Crippen LogP contribution < -0.4 is 10.9 Å². The molecule has 0 aliphatic rings. The molecule has 35 heavy (non-hydrogen) atoms. The lowest BCUT2D eigenvalue weighted by molar-refractivity contribution is 0.102. The van der Waals surface area contributed by atoms with Gasteiger partial charge in [-0.3, -0.25) is 10.1 Å². The van der Waals surface area contributed by atoms with E-state index in [1.54, 1.807) is 0 Å². The second-order valence-corrected chi connectivity index (χ2v) is 9.48. The molecule has 5 nitrogen and oxygen atoms in total. The Morgan fingerprint density at radius 2 is 1.74 bits per heavy atom. The van der Waals surface area contributed by atoms with Crippen molar-refractivity contribution in [2.45, 2.75) is 27.7 Å². The summed E-state index contributed by atoms with van der Waals surface area (Å²) in [6.07, 6.45) is 0. The summed E-state index contributed by atoms with van der Waals surface area (Å²) in [5.74, 6) is -0.315. The number of hydrogen-bond acceptors (Lipinski definition) is 5. The number of nitrogens with one attached hydrogen (secondary N) is 1. The largest absolute Gasteiger partial charge is 0.438 e. The third kappa shape index (κ3) is 4.66. The summed E-state index contributed by atoms with van der Waals surface area (Å²) >= 11 is 1.39. The number of carbonyl (C=O) groups excluding carboxylic acids is 1. The minimum absolute atomic E-state index is 0.265. The van der Waals surface area contributed by atoms with Crippen molar-refractivity contribution in [3.63, 3.8) is 0 Å². The van der Waals surface area contributed by atoms with Gasteiger partial charge in [0.05, 0.1) is 11.4 Å². The molecule has 0 saturated carbocycles. The van der Waals surface area contributed by atoms with Gasteiger partial charge in [-0.1, -0.05) is 42.5 Å². The smallest absolute Gasteiger partial charge is 0.262 e. The van der Waals surface area contributed by atoms with Crippen LogP contribution in [-0.4, -0.2) is 10.9 Å². The fourth-order valence-corrected chi connectivity index (χ4v) is 4.52. The zero-order valence-electron chi connectivity index (χ0n) is 20.0. The lowest BCUT2D eigenvalue weighted by atomic mass is 10.1. The maximum atomic E-state index is 13.4. The third-order valence-electron chi connectivity index (χ3n) is 6.23. The van der Waals surface area contributed by atoms with Gasteiger partial charge in [-0.25, -0.2) is 9.98 Å². The number of rotatable bonds is 4. The molecule has 0 radical (unpaired) electrons. The van der Waals surface area contributed by atoms with Crippen molar-refractivity contribution in [2.24, 2.45) is 4.99 Å². The van der Waals surface area contributed by atoms with Crippen LogP contribution in [0.4, 0.5) is 10.8 Å². The second-order valence-electron chi connectivity index (χ2n) is 8.62. The van der Waals surface area contributed by atoms with E-state index in [2.05, 4.69) is 36.3 Å². The summed E-state index contributed by atoms with van der Waals surface area (Å²) in [6.45, 7) is 8.22. The lowest BCUT2D eigenvalue weighted by Crippen LogP contribution is -2.21. The summed E-state index contributed by atoms with van der Waals surface area (Å²) in [4.78, 5) is 22.8. The van der Waals surface area contributed by atoms with E-state index >= 15 is 0 Å². The number of carbonyl (C=O) groups is 1. The first kappa shape index (κ1) is 22.7. The van der Waals surface area contributed by atoms with Gasteiger partial charge in [-0.15, -0.1) is 11.3 Å². The van der Waals surface area contributed by atoms with E-state index in [4.69, 9.17) is 9.41 Å². The molecule has 174 valence electrons. The molecule has 3 aromatic carbocycles. The van der Waals surface area contributed by atoms with Crippen LogP contribution in [0.3, 0.4) is 0 Å². The Balaban J connectivity index is 1.54. The van der Waals surface area contributed by atoms with E-state index in [1.165, 1.54) is 22.5 Å². The third-order valence-corrected chi connectivity index (χ3v) is 6.98. The standard InChI is InChI=1S/C29H25N3O2S/c1-17-12-13-21(14-19(17)3)25-16-35-29(31-25)32-27(33)23-15-22-9-5-6-11-26(22)34-28(23)30-24-10-7-8-18(2)20(24)4/h5-16H,1-4H3,(H,31,32,33). The van der Waals surface area contributed by atoms with Crippen LogP contribution in [0.1, 0.15) is 32.6 Å². The Bertz CT molecular complexity index is 1650. The van der Waals surface area contributed by atoms with Crippen LogP contribution in [0.15, 0.2) is 81.5 Å². The molecule has 2 aromatic heterocycles. The molecule has 6 heteroatoms. The highest BCUT2D eigenvalue weighted by Gasteiger charge is 2.16. The normalized spacial score (nSPS) is 11.7. The predicted octanol–water partition coefficient (Wildman–Crippen LogP) is 7.27. The van der Waals surface area contributed by atoms with Gasteiger partial charge >= 0.3 is 0 Å². The molecule has 2 heterocycles. The van der Waals surface area contributed by atoms with Crippen molar-refractivity contribution in [3.05, 3.63) is 105 Å². The first-order valence-corrected chi connectivity index (χ1v) is 12.3. The van der Waals surface area contributed by atoms with Crippen LogP contribution in [0, 0.1) is 27.7 Å².